The highest BCUT2D eigenvalue weighted by Gasteiger charge is 1.98. The van der Waals surface area contributed by atoms with Crippen molar-refractivity contribution in [1.29, 1.82) is 0 Å². The Labute approximate surface area is 154 Å². The third-order valence-electron chi connectivity index (χ3n) is 3.53. The van der Waals surface area contributed by atoms with Crippen LogP contribution in [0.1, 0.15) is 31.7 Å². The van der Waals surface area contributed by atoms with Crippen LogP contribution in [0.2, 0.25) is 0 Å². The van der Waals surface area contributed by atoms with Crippen molar-refractivity contribution in [2.24, 2.45) is 0 Å². The van der Waals surface area contributed by atoms with Gasteiger partial charge in [-0.25, -0.2) is 0 Å². The van der Waals surface area contributed by atoms with Gasteiger partial charge in [-0.1, -0.05) is 38.5 Å². The van der Waals surface area contributed by atoms with E-state index in [1.165, 1.54) is 11.8 Å². The second kappa shape index (κ2) is 9.47. The minimum Gasteiger partial charge on any atom is -0.461 e. The van der Waals surface area contributed by atoms with Crippen LogP contribution in [-0.2, 0) is 4.79 Å². The van der Waals surface area contributed by atoms with Gasteiger partial charge in [0.05, 0.1) is 0 Å². The summed E-state index contributed by atoms with van der Waals surface area (Å²) in [5.74, 6) is 0.973. The van der Waals surface area contributed by atoms with E-state index in [1.807, 2.05) is 68.4 Å². The number of aromatic amines is 1. The van der Waals surface area contributed by atoms with Crippen molar-refractivity contribution in [3.63, 3.8) is 0 Å². The Hall–Kier alpha value is -3.01. The average molecular weight is 350 g/mol. The van der Waals surface area contributed by atoms with E-state index in [-0.39, 0.29) is 0 Å². The number of furan rings is 1. The number of para-hydroxylation sites is 1. The molecule has 1 amide bonds. The lowest BCUT2D eigenvalue weighted by molar-refractivity contribution is -0.105. The number of H-pyrrole nitrogens is 1. The first-order valence-corrected chi connectivity index (χ1v) is 8.82. The quantitative estimate of drug-likeness (QED) is 0.423. The molecule has 4 nitrogen and oxygen atoms in total. The van der Waals surface area contributed by atoms with Gasteiger partial charge in [-0.2, -0.15) is 0 Å². The molecule has 4 heteroatoms. The zero-order valence-electron chi connectivity index (χ0n) is 15.8. The van der Waals surface area contributed by atoms with E-state index in [0.29, 0.717) is 6.41 Å². The Morgan fingerprint density at radius 3 is 2.42 bits per heavy atom. The van der Waals surface area contributed by atoms with Gasteiger partial charge in [0.25, 0.3) is 0 Å². The minimum atomic E-state index is 0.681. The summed E-state index contributed by atoms with van der Waals surface area (Å²) >= 11 is 0. The number of hydrogen-bond donors (Lipinski definition) is 2. The van der Waals surface area contributed by atoms with Gasteiger partial charge in [0.1, 0.15) is 11.3 Å². The minimum absolute atomic E-state index is 0.681. The fraction of sp³-hybridized carbons (Fsp3) is 0.227. The summed E-state index contributed by atoms with van der Waals surface area (Å²) in [6.45, 7) is 8.22. The van der Waals surface area contributed by atoms with Crippen LogP contribution in [0.25, 0.3) is 21.9 Å². The molecule has 0 saturated heterocycles. The van der Waals surface area contributed by atoms with Gasteiger partial charge < -0.3 is 14.7 Å². The maximum atomic E-state index is 10.2. The molecule has 0 unspecified atom stereocenters. The lowest BCUT2D eigenvalue weighted by Crippen LogP contribution is -1.92. The molecule has 0 radical (unpaired) electrons. The molecule has 0 spiro atoms. The average Bonchev–Trinajstić information content (AvgIpc) is 3.16. The number of carbonyl (C=O) groups excluding carboxylic acids is 1. The molecule has 136 valence electrons. The molecule has 4 aromatic rings. The highest BCUT2D eigenvalue weighted by Crippen LogP contribution is 2.19. The van der Waals surface area contributed by atoms with E-state index in [0.717, 1.165) is 33.6 Å². The zero-order valence-corrected chi connectivity index (χ0v) is 15.8. The lowest BCUT2D eigenvalue weighted by Gasteiger charge is -1.96. The van der Waals surface area contributed by atoms with Gasteiger partial charge in [0.15, 0.2) is 0 Å². The van der Waals surface area contributed by atoms with Gasteiger partial charge in [0, 0.05) is 27.7 Å². The third-order valence-corrected chi connectivity index (χ3v) is 3.53. The fourth-order valence-corrected chi connectivity index (χ4v) is 2.55. The van der Waals surface area contributed by atoms with Gasteiger partial charge >= 0.3 is 0 Å². The molecule has 26 heavy (non-hydrogen) atoms. The van der Waals surface area contributed by atoms with Crippen LogP contribution < -0.4 is 5.32 Å². The molecule has 0 bridgehead atoms. The van der Waals surface area contributed by atoms with E-state index >= 15 is 0 Å². The number of aromatic nitrogens is 1. The molecule has 2 aromatic heterocycles. The van der Waals surface area contributed by atoms with Crippen LogP contribution in [0.5, 0.6) is 0 Å². The first-order valence-electron chi connectivity index (χ1n) is 8.82. The molecule has 0 aliphatic carbocycles. The first kappa shape index (κ1) is 19.3. The van der Waals surface area contributed by atoms with E-state index in [1.54, 1.807) is 0 Å². The Kier molecular flexibility index (Phi) is 7.03. The normalized spacial score (nSPS) is 9.85. The number of anilines is 1. The number of benzene rings is 2. The summed E-state index contributed by atoms with van der Waals surface area (Å²) < 4.78 is 5.37. The Morgan fingerprint density at radius 2 is 1.73 bits per heavy atom. The zero-order chi connectivity index (χ0) is 18.9. The molecule has 2 aromatic carbocycles. The molecular formula is C22H26N2O2. The number of aryl methyl sites for hydroxylation is 2. The number of nitrogens with one attached hydrogen (secondary N) is 2. The summed E-state index contributed by atoms with van der Waals surface area (Å²) in [5, 5.41) is 4.91. The van der Waals surface area contributed by atoms with E-state index in [2.05, 4.69) is 24.1 Å². The van der Waals surface area contributed by atoms with E-state index in [4.69, 9.17) is 4.42 Å². The van der Waals surface area contributed by atoms with Crippen molar-refractivity contribution < 1.29 is 9.21 Å². The van der Waals surface area contributed by atoms with Crippen molar-refractivity contribution >= 4 is 34.0 Å². The molecule has 0 fully saturated rings. The summed E-state index contributed by atoms with van der Waals surface area (Å²) in [4.78, 5) is 13.4. The van der Waals surface area contributed by atoms with E-state index < -0.39 is 0 Å². The predicted molar refractivity (Wildman–Crippen MR) is 110 cm³/mol. The Balaban J connectivity index is 0.000000167. The lowest BCUT2D eigenvalue weighted by atomic mass is 10.2. The van der Waals surface area contributed by atoms with Gasteiger partial charge in [0.2, 0.25) is 6.41 Å². The molecule has 0 atom stereocenters. The summed E-state index contributed by atoms with van der Waals surface area (Å²) in [6, 6.07) is 17.9. The van der Waals surface area contributed by atoms with Crippen LogP contribution in [-0.4, -0.2) is 11.4 Å². The number of fused-ring (bicyclic) bond motifs is 2. The molecule has 0 aliphatic heterocycles. The first-order chi connectivity index (χ1) is 12.6. The van der Waals surface area contributed by atoms with Crippen molar-refractivity contribution in [2.45, 2.75) is 34.1 Å². The topological polar surface area (TPSA) is 58.0 Å². The molecule has 4 rings (SSSR count). The van der Waals surface area contributed by atoms with Crippen molar-refractivity contribution in [3.8, 4) is 0 Å². The second-order valence-corrected chi connectivity index (χ2v) is 6.12. The number of rotatable bonds is 2. The number of amides is 1. The van der Waals surface area contributed by atoms with Crippen LogP contribution in [0.4, 0.5) is 5.69 Å². The molecule has 2 heterocycles. The van der Waals surface area contributed by atoms with Gasteiger partial charge in [-0.3, -0.25) is 4.79 Å². The maximum absolute atomic E-state index is 10.2. The highest BCUT2D eigenvalue weighted by molar-refractivity contribution is 5.86. The summed E-state index contributed by atoms with van der Waals surface area (Å²) in [7, 11) is 0. The van der Waals surface area contributed by atoms with Gasteiger partial charge in [-0.15, -0.1) is 0 Å². The number of hydrogen-bond acceptors (Lipinski definition) is 2. The van der Waals surface area contributed by atoms with Crippen LogP contribution in [0.15, 0.2) is 59.0 Å². The monoisotopic (exact) mass is 350 g/mol. The predicted octanol–water partition coefficient (Wildman–Crippen LogP) is 6.20. The van der Waals surface area contributed by atoms with Crippen LogP contribution in [0.3, 0.4) is 0 Å². The highest BCUT2D eigenvalue weighted by atomic mass is 16.3. The summed E-state index contributed by atoms with van der Waals surface area (Å²) in [6.07, 6.45) is 1.93. The van der Waals surface area contributed by atoms with Crippen molar-refractivity contribution in [3.05, 3.63) is 66.1 Å². The molecular weight excluding hydrogens is 324 g/mol. The van der Waals surface area contributed by atoms with Gasteiger partial charge in [-0.05, 0) is 50.2 Å². The smallest absolute Gasteiger partial charge is 0.211 e. The Morgan fingerprint density at radius 1 is 1.00 bits per heavy atom. The fourth-order valence-electron chi connectivity index (χ4n) is 2.55. The largest absolute Gasteiger partial charge is 0.461 e. The summed E-state index contributed by atoms with van der Waals surface area (Å²) in [5.41, 5.74) is 4.01. The SMILES string of the molecule is CCC.Cc1cc2cc(NC=O)ccc2[nH]1.Cc1cc2ccccc2o1. The standard InChI is InChI=1S/C10H10N2O.C9H8O.C3H8/c1-7-4-8-5-9(11-6-13)2-3-10(8)12-7;1-7-6-8-4-2-3-5-9(8)10-7;1-3-2/h2-6,12H,1H3,(H,11,13);2-6H,1H3;3H2,1-2H3. The van der Waals surface area contributed by atoms with Crippen LogP contribution in [0, 0.1) is 13.8 Å². The van der Waals surface area contributed by atoms with Crippen molar-refractivity contribution in [1.82, 2.24) is 4.98 Å². The second-order valence-electron chi connectivity index (χ2n) is 6.12. The molecule has 0 saturated carbocycles. The molecule has 0 aliphatic rings. The molecule has 2 N–H and O–H groups in total. The van der Waals surface area contributed by atoms with E-state index in [9.17, 15) is 4.79 Å². The Bertz CT molecular complexity index is 934. The third kappa shape index (κ3) is 5.24. The van der Waals surface area contributed by atoms with Crippen LogP contribution >= 0.6 is 0 Å². The number of carbonyl (C=O) groups is 1. The van der Waals surface area contributed by atoms with Crippen molar-refractivity contribution in [2.75, 3.05) is 5.32 Å². The maximum Gasteiger partial charge on any atom is 0.211 e.